The van der Waals surface area contributed by atoms with E-state index < -0.39 is 16.1 Å². The first-order chi connectivity index (χ1) is 8.64. The fourth-order valence-electron chi connectivity index (χ4n) is 1.60. The Kier molecular flexibility index (Phi) is 4.38. The number of nitrogen functional groups attached to an aromatic ring is 1. The number of primary sulfonamides is 1. The minimum atomic E-state index is -3.89. The second kappa shape index (κ2) is 5.45. The molecule has 0 radical (unpaired) electrons. The molecule has 19 heavy (non-hydrogen) atoms. The summed E-state index contributed by atoms with van der Waals surface area (Å²) >= 11 is 0. The third-order valence-corrected chi connectivity index (χ3v) is 3.52. The van der Waals surface area contributed by atoms with Crippen LogP contribution in [-0.2, 0) is 14.8 Å². The van der Waals surface area contributed by atoms with Crippen molar-refractivity contribution in [2.75, 3.05) is 25.1 Å². The van der Waals surface area contributed by atoms with Crippen molar-refractivity contribution in [1.82, 2.24) is 4.90 Å². The lowest BCUT2D eigenvalue weighted by Gasteiger charge is -2.20. The highest BCUT2D eigenvalue weighted by Crippen LogP contribution is 2.26. The number of benzene rings is 1. The lowest BCUT2D eigenvalue weighted by Crippen LogP contribution is -2.36. The van der Waals surface area contributed by atoms with Crippen molar-refractivity contribution in [2.45, 2.75) is 17.9 Å². The van der Waals surface area contributed by atoms with Crippen LogP contribution in [0.1, 0.15) is 6.92 Å². The van der Waals surface area contributed by atoms with Gasteiger partial charge in [-0.15, -0.1) is 0 Å². The van der Waals surface area contributed by atoms with Gasteiger partial charge in [0.2, 0.25) is 15.9 Å². The summed E-state index contributed by atoms with van der Waals surface area (Å²) in [5.41, 5.74) is 6.11. The SMILES string of the molecule is CC(Nc1cccc(S(N)(=O)=O)c1N)C(=O)N(C)C. The Hall–Kier alpha value is -1.80. The number of likely N-dealkylation sites (N-methyl/N-ethyl adjacent to an activating group) is 1. The van der Waals surface area contributed by atoms with Gasteiger partial charge < -0.3 is 16.0 Å². The molecule has 1 atom stereocenters. The van der Waals surface area contributed by atoms with Gasteiger partial charge in [0.25, 0.3) is 0 Å². The molecule has 0 fully saturated rings. The Balaban J connectivity index is 3.08. The second-order valence-corrected chi connectivity index (χ2v) is 5.89. The molecule has 0 saturated carbocycles. The number of anilines is 2. The highest BCUT2D eigenvalue weighted by Gasteiger charge is 2.19. The van der Waals surface area contributed by atoms with E-state index in [1.54, 1.807) is 27.1 Å². The summed E-state index contributed by atoms with van der Waals surface area (Å²) in [5, 5.41) is 7.92. The second-order valence-electron chi connectivity index (χ2n) is 4.36. The first-order valence-electron chi connectivity index (χ1n) is 5.53. The molecule has 0 bridgehead atoms. The summed E-state index contributed by atoms with van der Waals surface area (Å²) in [5.74, 6) is -0.152. The molecule has 0 spiro atoms. The van der Waals surface area contributed by atoms with Crippen molar-refractivity contribution < 1.29 is 13.2 Å². The van der Waals surface area contributed by atoms with Gasteiger partial charge in [0, 0.05) is 14.1 Å². The number of nitrogens with zero attached hydrogens (tertiary/aromatic N) is 1. The quantitative estimate of drug-likeness (QED) is 0.663. The minimum absolute atomic E-state index is 0.00315. The van der Waals surface area contributed by atoms with Crippen molar-refractivity contribution in [3.05, 3.63) is 18.2 Å². The van der Waals surface area contributed by atoms with Crippen LogP contribution in [0.2, 0.25) is 0 Å². The largest absolute Gasteiger partial charge is 0.396 e. The van der Waals surface area contributed by atoms with Crippen LogP contribution >= 0.6 is 0 Å². The maximum Gasteiger partial charge on any atom is 0.244 e. The molecule has 1 amide bonds. The first-order valence-corrected chi connectivity index (χ1v) is 7.08. The van der Waals surface area contributed by atoms with E-state index in [4.69, 9.17) is 10.9 Å². The van der Waals surface area contributed by atoms with Crippen molar-refractivity contribution in [3.63, 3.8) is 0 Å². The van der Waals surface area contributed by atoms with Crippen LogP contribution in [0.4, 0.5) is 11.4 Å². The van der Waals surface area contributed by atoms with E-state index in [0.717, 1.165) is 0 Å². The Morgan fingerprint density at radius 2 is 1.95 bits per heavy atom. The summed E-state index contributed by atoms with van der Waals surface area (Å²) < 4.78 is 22.7. The van der Waals surface area contributed by atoms with Crippen LogP contribution in [0.25, 0.3) is 0 Å². The number of rotatable bonds is 4. The molecular weight excluding hydrogens is 268 g/mol. The first kappa shape index (κ1) is 15.3. The van der Waals surface area contributed by atoms with Crippen LogP contribution in [0, 0.1) is 0 Å². The topological polar surface area (TPSA) is 119 Å². The van der Waals surface area contributed by atoms with Gasteiger partial charge in [0.1, 0.15) is 10.9 Å². The van der Waals surface area contributed by atoms with Gasteiger partial charge in [0.15, 0.2) is 0 Å². The number of hydrogen-bond acceptors (Lipinski definition) is 5. The van der Waals surface area contributed by atoms with Crippen LogP contribution in [-0.4, -0.2) is 39.4 Å². The summed E-state index contributed by atoms with van der Waals surface area (Å²) in [7, 11) is -0.630. The molecule has 0 aliphatic carbocycles. The molecule has 0 saturated heterocycles. The zero-order chi connectivity index (χ0) is 14.8. The number of nitrogens with two attached hydrogens (primary N) is 2. The number of carbonyl (C=O) groups is 1. The third kappa shape index (κ3) is 3.58. The van der Waals surface area contributed by atoms with E-state index in [0.29, 0.717) is 5.69 Å². The number of carbonyl (C=O) groups excluding carboxylic acids is 1. The fraction of sp³-hybridized carbons (Fsp3) is 0.364. The predicted molar refractivity (Wildman–Crippen MR) is 74.0 cm³/mol. The molecule has 7 nitrogen and oxygen atoms in total. The highest BCUT2D eigenvalue weighted by molar-refractivity contribution is 7.89. The van der Waals surface area contributed by atoms with E-state index in [1.165, 1.54) is 17.0 Å². The molecule has 5 N–H and O–H groups in total. The average molecular weight is 286 g/mol. The van der Waals surface area contributed by atoms with Gasteiger partial charge in [-0.3, -0.25) is 4.79 Å². The number of amides is 1. The number of hydrogen-bond donors (Lipinski definition) is 3. The van der Waals surface area contributed by atoms with E-state index in [9.17, 15) is 13.2 Å². The number of nitrogens with one attached hydrogen (secondary N) is 1. The minimum Gasteiger partial charge on any atom is -0.396 e. The Morgan fingerprint density at radius 3 is 2.42 bits per heavy atom. The van der Waals surface area contributed by atoms with Crippen molar-refractivity contribution >= 4 is 27.3 Å². The van der Waals surface area contributed by atoms with E-state index in [-0.39, 0.29) is 16.5 Å². The zero-order valence-electron chi connectivity index (χ0n) is 11.0. The molecule has 1 unspecified atom stereocenters. The Morgan fingerprint density at radius 1 is 1.37 bits per heavy atom. The summed E-state index contributed by atoms with van der Waals surface area (Å²) in [6, 6.07) is 3.87. The standard InChI is InChI=1S/C11H18N4O3S/c1-7(11(16)15(2)3)14-8-5-4-6-9(10(8)12)19(13,17)18/h4-7,14H,12H2,1-3H3,(H2,13,17,18). The molecule has 0 aliphatic rings. The summed E-state index contributed by atoms with van der Waals surface area (Å²) in [4.78, 5) is 13.0. The summed E-state index contributed by atoms with van der Waals surface area (Å²) in [6.07, 6.45) is 0. The molecule has 1 aromatic rings. The lowest BCUT2D eigenvalue weighted by molar-refractivity contribution is -0.129. The van der Waals surface area contributed by atoms with E-state index in [2.05, 4.69) is 5.32 Å². The molecule has 1 rings (SSSR count). The lowest BCUT2D eigenvalue weighted by atomic mass is 10.2. The number of para-hydroxylation sites is 1. The van der Waals surface area contributed by atoms with Gasteiger partial charge >= 0.3 is 0 Å². The smallest absolute Gasteiger partial charge is 0.244 e. The Labute approximate surface area is 112 Å². The molecule has 0 aliphatic heterocycles. The van der Waals surface area contributed by atoms with Gasteiger partial charge in [-0.05, 0) is 19.1 Å². The van der Waals surface area contributed by atoms with Gasteiger partial charge in [-0.25, -0.2) is 13.6 Å². The Bertz CT molecular complexity index is 584. The molecule has 0 aromatic heterocycles. The van der Waals surface area contributed by atoms with Crippen LogP contribution in [0.3, 0.4) is 0 Å². The van der Waals surface area contributed by atoms with Crippen LogP contribution in [0.5, 0.6) is 0 Å². The maximum absolute atomic E-state index is 11.7. The van der Waals surface area contributed by atoms with E-state index >= 15 is 0 Å². The zero-order valence-corrected chi connectivity index (χ0v) is 11.9. The molecule has 8 heteroatoms. The average Bonchev–Trinajstić information content (AvgIpc) is 2.29. The molecule has 106 valence electrons. The fourth-order valence-corrected chi connectivity index (χ4v) is 2.29. The normalized spacial score (nSPS) is 12.8. The van der Waals surface area contributed by atoms with Crippen molar-refractivity contribution in [1.29, 1.82) is 0 Å². The van der Waals surface area contributed by atoms with Crippen LogP contribution < -0.4 is 16.2 Å². The monoisotopic (exact) mass is 286 g/mol. The summed E-state index contributed by atoms with van der Waals surface area (Å²) in [6.45, 7) is 1.66. The van der Waals surface area contributed by atoms with Gasteiger partial charge in [0.05, 0.1) is 11.4 Å². The molecule has 0 heterocycles. The molecule has 1 aromatic carbocycles. The van der Waals surface area contributed by atoms with Crippen molar-refractivity contribution in [2.24, 2.45) is 5.14 Å². The van der Waals surface area contributed by atoms with Crippen molar-refractivity contribution in [3.8, 4) is 0 Å². The molecular formula is C11H18N4O3S. The van der Waals surface area contributed by atoms with Crippen LogP contribution in [0.15, 0.2) is 23.1 Å². The number of sulfonamides is 1. The van der Waals surface area contributed by atoms with Gasteiger partial charge in [-0.1, -0.05) is 6.07 Å². The highest BCUT2D eigenvalue weighted by atomic mass is 32.2. The third-order valence-electron chi connectivity index (χ3n) is 2.56. The van der Waals surface area contributed by atoms with Gasteiger partial charge in [-0.2, -0.15) is 0 Å². The maximum atomic E-state index is 11.7. The predicted octanol–water partition coefficient (Wildman–Crippen LogP) is -0.195. The van der Waals surface area contributed by atoms with E-state index in [1.807, 2.05) is 0 Å².